The van der Waals surface area contributed by atoms with Crippen molar-refractivity contribution in [3.8, 4) is 0 Å². The number of anilines is 1. The topological polar surface area (TPSA) is 51.8 Å². The maximum atomic E-state index is 5.61. The second-order valence-corrected chi connectivity index (χ2v) is 7.05. The first-order chi connectivity index (χ1) is 6.60. The Balaban J connectivity index is 3.30. The minimum atomic E-state index is -1.75. The lowest BCUT2D eigenvalue weighted by molar-refractivity contribution is 0.979. The van der Waals surface area contributed by atoms with Crippen LogP contribution in [0.4, 0.5) is 5.95 Å². The molecule has 1 aromatic rings. The first-order valence-electron chi connectivity index (χ1n) is 3.39. The SMILES string of the molecule is Nc1nc(C(Cl)(Cl)Cl)cc(C(Cl)(Cl)Cl)n1. The van der Waals surface area contributed by atoms with Crippen molar-refractivity contribution >= 4 is 75.6 Å². The van der Waals surface area contributed by atoms with Gasteiger partial charge in [0.2, 0.25) is 13.5 Å². The fourth-order valence-corrected chi connectivity index (χ4v) is 1.34. The van der Waals surface area contributed by atoms with Gasteiger partial charge in [0.1, 0.15) is 0 Å². The van der Waals surface area contributed by atoms with E-state index in [2.05, 4.69) is 9.97 Å². The number of hydrogen-bond donors (Lipinski definition) is 1. The quantitative estimate of drug-likeness (QED) is 0.738. The van der Waals surface area contributed by atoms with Crippen LogP contribution in [0.3, 0.4) is 0 Å². The van der Waals surface area contributed by atoms with Gasteiger partial charge >= 0.3 is 0 Å². The zero-order valence-electron chi connectivity index (χ0n) is 6.82. The van der Waals surface area contributed by atoms with Gasteiger partial charge < -0.3 is 5.73 Å². The molecule has 0 spiro atoms. The molecule has 2 N–H and O–H groups in total. The van der Waals surface area contributed by atoms with Crippen LogP contribution in [0.15, 0.2) is 6.07 Å². The van der Waals surface area contributed by atoms with Gasteiger partial charge in [-0.3, -0.25) is 0 Å². The Labute approximate surface area is 116 Å². The zero-order chi connectivity index (χ0) is 11.9. The first kappa shape index (κ1) is 13.7. The maximum Gasteiger partial charge on any atom is 0.232 e. The van der Waals surface area contributed by atoms with Crippen molar-refractivity contribution < 1.29 is 0 Å². The van der Waals surface area contributed by atoms with Gasteiger partial charge in [0, 0.05) is 0 Å². The summed E-state index contributed by atoms with van der Waals surface area (Å²) >= 11 is 33.7. The van der Waals surface area contributed by atoms with E-state index in [4.69, 9.17) is 75.3 Å². The Kier molecular flexibility index (Phi) is 4.08. The predicted molar refractivity (Wildman–Crippen MR) is 64.9 cm³/mol. The van der Waals surface area contributed by atoms with Gasteiger partial charge in [-0.15, -0.1) is 0 Å². The van der Waals surface area contributed by atoms with E-state index in [0.29, 0.717) is 0 Å². The minimum absolute atomic E-state index is 0.0429. The Morgan fingerprint density at radius 3 is 1.47 bits per heavy atom. The average Bonchev–Trinajstić information content (AvgIpc) is 1.99. The van der Waals surface area contributed by atoms with Crippen LogP contribution in [0.25, 0.3) is 0 Å². The minimum Gasteiger partial charge on any atom is -0.368 e. The smallest absolute Gasteiger partial charge is 0.232 e. The Morgan fingerprint density at radius 2 is 1.20 bits per heavy atom. The lowest BCUT2D eigenvalue weighted by Crippen LogP contribution is -2.13. The molecule has 0 unspecified atom stereocenters. The molecule has 0 aromatic carbocycles. The second-order valence-electron chi connectivity index (χ2n) is 2.49. The highest BCUT2D eigenvalue weighted by Gasteiger charge is 2.31. The third-order valence-corrected chi connectivity index (χ3v) is 2.49. The molecule has 15 heavy (non-hydrogen) atoms. The highest BCUT2D eigenvalue weighted by Crippen LogP contribution is 2.41. The van der Waals surface area contributed by atoms with Crippen molar-refractivity contribution in [2.24, 2.45) is 0 Å². The molecule has 0 saturated heterocycles. The number of alkyl halides is 6. The zero-order valence-corrected chi connectivity index (χ0v) is 11.4. The molecule has 9 heteroatoms. The Hall–Kier alpha value is 0.620. The normalized spacial score (nSPS) is 12.9. The van der Waals surface area contributed by atoms with Gasteiger partial charge in [0.25, 0.3) is 0 Å². The number of hydrogen-bond acceptors (Lipinski definition) is 3. The summed E-state index contributed by atoms with van der Waals surface area (Å²) in [4.78, 5) is 7.43. The Morgan fingerprint density at radius 1 is 0.867 bits per heavy atom. The second kappa shape index (κ2) is 4.47. The van der Waals surface area contributed by atoms with Crippen LogP contribution in [0.5, 0.6) is 0 Å². The van der Waals surface area contributed by atoms with Crippen LogP contribution < -0.4 is 5.73 Å². The number of nitrogen functional groups attached to an aromatic ring is 1. The molecule has 1 heterocycles. The molecule has 0 amide bonds. The molecule has 3 nitrogen and oxygen atoms in total. The molecule has 0 aliphatic carbocycles. The molecule has 1 aromatic heterocycles. The standard InChI is InChI=1S/C6H3Cl6N3/c7-5(8,9)2-1-3(6(10,11)12)15-4(13)14-2/h1H,(H2,13,14,15). The number of nitrogens with two attached hydrogens (primary N) is 1. The predicted octanol–water partition coefficient (Wildman–Crippen LogP) is 3.71. The van der Waals surface area contributed by atoms with Gasteiger partial charge in [-0.1, -0.05) is 69.6 Å². The molecule has 84 valence electrons. The summed E-state index contributed by atoms with van der Waals surface area (Å²) in [6, 6.07) is 1.26. The third-order valence-electron chi connectivity index (χ3n) is 1.32. The van der Waals surface area contributed by atoms with Crippen LogP contribution in [-0.2, 0) is 7.59 Å². The van der Waals surface area contributed by atoms with Gasteiger partial charge in [-0.25, -0.2) is 9.97 Å². The average molecular weight is 330 g/mol. The van der Waals surface area contributed by atoms with E-state index < -0.39 is 7.59 Å². The van der Waals surface area contributed by atoms with E-state index in [9.17, 15) is 0 Å². The van der Waals surface area contributed by atoms with Gasteiger partial charge in [0.05, 0.1) is 11.4 Å². The monoisotopic (exact) mass is 327 g/mol. The molecule has 0 fully saturated rings. The van der Waals surface area contributed by atoms with E-state index in [-0.39, 0.29) is 17.3 Å². The summed E-state index contributed by atoms with van der Waals surface area (Å²) < 4.78 is -3.50. The first-order valence-corrected chi connectivity index (χ1v) is 5.66. The summed E-state index contributed by atoms with van der Waals surface area (Å²) in [6.45, 7) is 0. The highest BCUT2D eigenvalue weighted by molar-refractivity contribution is 6.67. The fraction of sp³-hybridized carbons (Fsp3) is 0.333. The number of rotatable bonds is 0. The maximum absolute atomic E-state index is 5.61. The molecule has 0 atom stereocenters. The van der Waals surface area contributed by atoms with Crippen molar-refractivity contribution in [3.05, 3.63) is 17.5 Å². The molecule has 1 rings (SSSR count). The van der Waals surface area contributed by atoms with Gasteiger partial charge in [-0.2, -0.15) is 0 Å². The largest absolute Gasteiger partial charge is 0.368 e. The number of nitrogens with zero attached hydrogens (tertiary/aromatic N) is 2. The van der Waals surface area contributed by atoms with Crippen LogP contribution in [0, 0.1) is 0 Å². The lowest BCUT2D eigenvalue weighted by Gasteiger charge is -2.15. The van der Waals surface area contributed by atoms with Crippen molar-refractivity contribution in [1.29, 1.82) is 0 Å². The number of aromatic nitrogens is 2. The van der Waals surface area contributed by atoms with Crippen LogP contribution >= 0.6 is 69.6 Å². The summed E-state index contributed by atoms with van der Waals surface area (Å²) in [7, 11) is 0. The van der Waals surface area contributed by atoms with Crippen molar-refractivity contribution in [2.45, 2.75) is 7.59 Å². The lowest BCUT2D eigenvalue weighted by atomic mass is 10.3. The third kappa shape index (κ3) is 3.84. The molecular weight excluding hydrogens is 327 g/mol. The van der Waals surface area contributed by atoms with Crippen molar-refractivity contribution in [3.63, 3.8) is 0 Å². The van der Waals surface area contributed by atoms with Crippen LogP contribution in [-0.4, -0.2) is 9.97 Å². The summed E-state index contributed by atoms with van der Waals surface area (Å²) in [5.74, 6) is -0.139. The summed E-state index contributed by atoms with van der Waals surface area (Å²) in [6.07, 6.45) is 0. The van der Waals surface area contributed by atoms with E-state index in [1.807, 2.05) is 0 Å². The van der Waals surface area contributed by atoms with E-state index in [1.165, 1.54) is 6.07 Å². The van der Waals surface area contributed by atoms with E-state index in [1.54, 1.807) is 0 Å². The molecular formula is C6H3Cl6N3. The Bertz CT molecular complexity index is 336. The molecule has 0 bridgehead atoms. The molecule has 0 aliphatic heterocycles. The summed E-state index contributed by atoms with van der Waals surface area (Å²) in [5, 5.41) is 0. The van der Waals surface area contributed by atoms with Crippen LogP contribution in [0.2, 0.25) is 0 Å². The number of halogens is 6. The summed E-state index contributed by atoms with van der Waals surface area (Å²) in [5.41, 5.74) is 5.46. The van der Waals surface area contributed by atoms with Gasteiger partial charge in [0.15, 0.2) is 0 Å². The van der Waals surface area contributed by atoms with E-state index in [0.717, 1.165) is 0 Å². The van der Waals surface area contributed by atoms with E-state index >= 15 is 0 Å². The molecule has 0 saturated carbocycles. The van der Waals surface area contributed by atoms with Crippen LogP contribution in [0.1, 0.15) is 11.4 Å². The van der Waals surface area contributed by atoms with Crippen molar-refractivity contribution in [2.75, 3.05) is 5.73 Å². The van der Waals surface area contributed by atoms with Crippen molar-refractivity contribution in [1.82, 2.24) is 9.97 Å². The highest BCUT2D eigenvalue weighted by atomic mass is 35.6. The molecule has 0 aliphatic rings. The fourth-order valence-electron chi connectivity index (χ4n) is 0.756. The van der Waals surface area contributed by atoms with Gasteiger partial charge in [-0.05, 0) is 6.07 Å². The molecule has 0 radical (unpaired) electrons.